The molecular weight excluding hydrogens is 697 g/mol. The lowest BCUT2D eigenvalue weighted by molar-refractivity contribution is 0.668. The number of anilines is 5. The van der Waals surface area contributed by atoms with Crippen molar-refractivity contribution in [1.82, 2.24) is 0 Å². The molecule has 11 rings (SSSR count). The first kappa shape index (κ1) is 33.1. The van der Waals surface area contributed by atoms with Crippen molar-refractivity contribution in [3.05, 3.63) is 210 Å². The highest BCUT2D eigenvalue weighted by molar-refractivity contribution is 6.11. The Balaban J connectivity index is 1.07. The molecule has 9 aromatic rings. The van der Waals surface area contributed by atoms with E-state index in [0.717, 1.165) is 84.4 Å². The molecule has 4 bridgehead atoms. The molecule has 0 fully saturated rings. The zero-order valence-corrected chi connectivity index (χ0v) is 31.5. The first-order valence-corrected chi connectivity index (χ1v) is 19.6. The minimum absolute atomic E-state index is 0.200. The minimum Gasteiger partial charge on any atom is -0.454 e. The smallest absolute Gasteiger partial charge is 0.159 e. The standard InChI is InChI=1S/C53H38N2O2/c1-35-37-28-29-38-34-36(27-32-46(38)54(39-14-4-2-5-15-39)48-22-12-20-44-42-18-8-10-24-50(42)56-52(44)48)26-31-41(35)47(33-30-37)55(40-16-6-3-7-17-40)49-23-13-21-45-43-19-9-11-25-51(43)57-53(45)49/h2-33,36H,34H2,1H3/b29-28-,31-26-. The molecule has 0 saturated carbocycles. The van der Waals surface area contributed by atoms with Crippen LogP contribution in [0.4, 0.5) is 28.4 Å². The number of hydrogen-bond acceptors (Lipinski definition) is 4. The number of fused-ring (bicyclic) bond motifs is 10. The Labute approximate surface area is 331 Å². The Kier molecular flexibility index (Phi) is 7.82. The Hall–Kier alpha value is -7.30. The van der Waals surface area contributed by atoms with Gasteiger partial charge in [0.1, 0.15) is 11.2 Å². The number of benzene rings is 7. The van der Waals surface area contributed by atoms with Gasteiger partial charge in [-0.1, -0.05) is 134 Å². The maximum absolute atomic E-state index is 6.62. The number of para-hydroxylation sites is 6. The van der Waals surface area contributed by atoms with Crippen LogP contribution in [0.3, 0.4) is 0 Å². The third-order valence-electron chi connectivity index (χ3n) is 11.6. The van der Waals surface area contributed by atoms with Crippen LogP contribution < -0.4 is 9.80 Å². The van der Waals surface area contributed by atoms with Gasteiger partial charge in [-0.15, -0.1) is 0 Å². The highest BCUT2D eigenvalue weighted by Crippen LogP contribution is 2.46. The highest BCUT2D eigenvalue weighted by Gasteiger charge is 2.26. The van der Waals surface area contributed by atoms with Gasteiger partial charge in [-0.25, -0.2) is 0 Å². The molecule has 2 aliphatic rings. The van der Waals surface area contributed by atoms with Crippen molar-refractivity contribution in [3.63, 3.8) is 0 Å². The summed E-state index contributed by atoms with van der Waals surface area (Å²) in [5.41, 5.74) is 14.8. The van der Waals surface area contributed by atoms with Crippen molar-refractivity contribution in [2.45, 2.75) is 13.3 Å². The van der Waals surface area contributed by atoms with Crippen LogP contribution in [0.15, 0.2) is 202 Å². The number of hydrogen-bond donors (Lipinski definition) is 0. The van der Waals surface area contributed by atoms with Gasteiger partial charge in [-0.3, -0.25) is 0 Å². The molecule has 272 valence electrons. The third-order valence-corrected chi connectivity index (χ3v) is 11.6. The Morgan fingerprint density at radius 3 is 1.65 bits per heavy atom. The van der Waals surface area contributed by atoms with Gasteiger partial charge in [-0.05, 0) is 96.6 Å². The van der Waals surface area contributed by atoms with Crippen molar-refractivity contribution in [2.75, 3.05) is 9.80 Å². The van der Waals surface area contributed by atoms with E-state index in [0.29, 0.717) is 0 Å². The van der Waals surface area contributed by atoms with E-state index in [1.165, 1.54) is 22.3 Å². The van der Waals surface area contributed by atoms with Crippen molar-refractivity contribution in [2.24, 2.45) is 5.92 Å². The number of rotatable bonds is 6. The van der Waals surface area contributed by atoms with Crippen LogP contribution in [-0.2, 0) is 0 Å². The predicted molar refractivity (Wildman–Crippen MR) is 238 cm³/mol. The summed E-state index contributed by atoms with van der Waals surface area (Å²) in [4.78, 5) is 4.72. The molecular formula is C53H38N2O2. The molecule has 0 amide bonds. The van der Waals surface area contributed by atoms with Gasteiger partial charge in [0, 0.05) is 44.2 Å². The van der Waals surface area contributed by atoms with E-state index in [9.17, 15) is 0 Å². The molecule has 1 unspecified atom stereocenters. The van der Waals surface area contributed by atoms with E-state index in [2.05, 4.69) is 193 Å². The SMILES string of the molecule is Cc1c2ccc(N(c3ccccc3)c3cccc4c3oc3ccccc34)c1/C=C\C1C=CC(N(c3ccccc3)c3cccc4c3oc3ccccc34)=C(/C=C\2)C1. The number of furan rings is 2. The summed E-state index contributed by atoms with van der Waals surface area (Å²) >= 11 is 0. The molecule has 0 saturated heterocycles. The molecule has 0 radical (unpaired) electrons. The molecule has 0 spiro atoms. The number of nitrogens with zero attached hydrogens (tertiary/aromatic N) is 2. The van der Waals surface area contributed by atoms with E-state index in [4.69, 9.17) is 8.83 Å². The summed E-state index contributed by atoms with van der Waals surface area (Å²) in [5.74, 6) is 0.200. The molecule has 1 atom stereocenters. The van der Waals surface area contributed by atoms with Gasteiger partial charge in [0.2, 0.25) is 0 Å². The molecule has 4 nitrogen and oxygen atoms in total. The molecule has 0 N–H and O–H groups in total. The molecule has 4 heteroatoms. The zero-order chi connectivity index (χ0) is 37.9. The van der Waals surface area contributed by atoms with Crippen LogP contribution in [0, 0.1) is 12.8 Å². The fourth-order valence-corrected chi connectivity index (χ4v) is 8.77. The average Bonchev–Trinajstić information content (AvgIpc) is 3.84. The van der Waals surface area contributed by atoms with Crippen LogP contribution in [0.5, 0.6) is 0 Å². The Morgan fingerprint density at radius 1 is 0.456 bits per heavy atom. The van der Waals surface area contributed by atoms with Crippen molar-refractivity contribution in [3.8, 4) is 0 Å². The second kappa shape index (κ2) is 13.5. The summed E-state index contributed by atoms with van der Waals surface area (Å²) in [7, 11) is 0. The van der Waals surface area contributed by atoms with E-state index in [1.807, 2.05) is 18.2 Å². The molecule has 2 heterocycles. The second-order valence-electron chi connectivity index (χ2n) is 14.9. The quantitative estimate of drug-likeness (QED) is 0.170. The predicted octanol–water partition coefficient (Wildman–Crippen LogP) is 15.0. The summed E-state index contributed by atoms with van der Waals surface area (Å²) in [5, 5.41) is 4.46. The first-order valence-electron chi connectivity index (χ1n) is 19.6. The lowest BCUT2D eigenvalue weighted by Gasteiger charge is -2.31. The topological polar surface area (TPSA) is 32.8 Å². The lowest BCUT2D eigenvalue weighted by atomic mass is 9.87. The van der Waals surface area contributed by atoms with Gasteiger partial charge < -0.3 is 18.6 Å². The molecule has 7 aromatic carbocycles. The van der Waals surface area contributed by atoms with E-state index in [-0.39, 0.29) is 5.92 Å². The molecule has 57 heavy (non-hydrogen) atoms. The number of allylic oxidation sites excluding steroid dienone is 5. The fraction of sp³-hybridized carbons (Fsp3) is 0.0566. The van der Waals surface area contributed by atoms with Crippen LogP contribution in [-0.4, -0.2) is 0 Å². The largest absolute Gasteiger partial charge is 0.454 e. The van der Waals surface area contributed by atoms with Crippen molar-refractivity contribution >= 4 is 84.5 Å². The van der Waals surface area contributed by atoms with Gasteiger partial charge >= 0.3 is 0 Å². The molecule has 2 aromatic heterocycles. The second-order valence-corrected chi connectivity index (χ2v) is 14.9. The monoisotopic (exact) mass is 734 g/mol. The lowest BCUT2D eigenvalue weighted by Crippen LogP contribution is -2.20. The van der Waals surface area contributed by atoms with E-state index < -0.39 is 0 Å². The molecule has 2 aliphatic carbocycles. The average molecular weight is 735 g/mol. The summed E-state index contributed by atoms with van der Waals surface area (Å²) in [6.45, 7) is 2.24. The summed E-state index contributed by atoms with van der Waals surface area (Å²) in [6, 6.07) is 55.3. The van der Waals surface area contributed by atoms with Gasteiger partial charge in [-0.2, -0.15) is 0 Å². The first-order chi connectivity index (χ1) is 28.2. The van der Waals surface area contributed by atoms with Crippen molar-refractivity contribution < 1.29 is 8.83 Å². The van der Waals surface area contributed by atoms with Crippen LogP contribution >= 0.6 is 0 Å². The molecule has 0 aliphatic heterocycles. The fourth-order valence-electron chi connectivity index (χ4n) is 8.77. The maximum Gasteiger partial charge on any atom is 0.159 e. The van der Waals surface area contributed by atoms with Gasteiger partial charge in [0.05, 0.1) is 17.1 Å². The highest BCUT2D eigenvalue weighted by atomic mass is 16.3. The van der Waals surface area contributed by atoms with Crippen LogP contribution in [0.2, 0.25) is 0 Å². The summed E-state index contributed by atoms with van der Waals surface area (Å²) in [6.07, 6.45) is 14.8. The van der Waals surface area contributed by atoms with Crippen molar-refractivity contribution in [1.29, 1.82) is 0 Å². The van der Waals surface area contributed by atoms with Gasteiger partial charge in [0.25, 0.3) is 0 Å². The zero-order valence-electron chi connectivity index (χ0n) is 31.5. The normalized spacial score (nSPS) is 16.1. The van der Waals surface area contributed by atoms with Crippen LogP contribution in [0.25, 0.3) is 56.0 Å². The maximum atomic E-state index is 6.62. The Morgan fingerprint density at radius 2 is 1.00 bits per heavy atom. The van der Waals surface area contributed by atoms with E-state index >= 15 is 0 Å². The van der Waals surface area contributed by atoms with Gasteiger partial charge in [0.15, 0.2) is 11.2 Å². The third kappa shape index (κ3) is 5.52. The van der Waals surface area contributed by atoms with Crippen LogP contribution in [0.1, 0.15) is 23.1 Å². The minimum atomic E-state index is 0.200. The summed E-state index contributed by atoms with van der Waals surface area (Å²) < 4.78 is 13.2. The van der Waals surface area contributed by atoms with E-state index in [1.54, 1.807) is 0 Å². The Bertz CT molecular complexity index is 3120.